The summed E-state index contributed by atoms with van der Waals surface area (Å²) >= 11 is 4.44. The number of thiophene rings is 1. The number of hydrogen-bond donors (Lipinski definition) is 0. The van der Waals surface area contributed by atoms with E-state index in [0.717, 1.165) is 3.79 Å². The first-order valence-corrected chi connectivity index (χ1v) is 7.71. The zero-order valence-corrected chi connectivity index (χ0v) is 12.1. The van der Waals surface area contributed by atoms with Crippen molar-refractivity contribution in [2.45, 2.75) is 4.21 Å². The van der Waals surface area contributed by atoms with Crippen LogP contribution in [0.2, 0.25) is 0 Å². The van der Waals surface area contributed by atoms with Gasteiger partial charge in [0.05, 0.1) is 9.47 Å². The molecule has 7 heteroatoms. The van der Waals surface area contributed by atoms with Gasteiger partial charge in [0.2, 0.25) is 0 Å². The van der Waals surface area contributed by atoms with Crippen molar-refractivity contribution in [2.24, 2.45) is 0 Å². The van der Waals surface area contributed by atoms with E-state index in [1.807, 2.05) is 0 Å². The average Bonchev–Trinajstić information content (AvgIpc) is 2.77. The fourth-order valence-electron chi connectivity index (χ4n) is 1.26. The molecule has 0 spiro atoms. The van der Waals surface area contributed by atoms with Crippen LogP contribution in [0.25, 0.3) is 0 Å². The normalized spacial score (nSPS) is 11.4. The van der Waals surface area contributed by atoms with Gasteiger partial charge in [0.25, 0.3) is 10.0 Å². The van der Waals surface area contributed by atoms with E-state index in [1.54, 1.807) is 36.7 Å². The van der Waals surface area contributed by atoms with E-state index in [1.165, 1.54) is 22.7 Å². The predicted molar refractivity (Wildman–Crippen MR) is 71.8 cm³/mol. The first-order valence-electron chi connectivity index (χ1n) is 4.66. The zero-order valence-electron chi connectivity index (χ0n) is 8.87. The van der Waals surface area contributed by atoms with E-state index in [-0.39, 0.29) is 0 Å². The predicted octanol–water partition coefficient (Wildman–Crippen LogP) is 2.73. The summed E-state index contributed by atoms with van der Waals surface area (Å²) < 4.78 is 26.8. The molecule has 0 saturated carbocycles. The largest absolute Gasteiger partial charge is 0.273 e. The summed E-state index contributed by atoms with van der Waals surface area (Å²) in [5.74, 6) is 0. The molecule has 0 N–H and O–H groups in total. The van der Waals surface area contributed by atoms with Crippen molar-refractivity contribution in [2.75, 3.05) is 11.4 Å². The van der Waals surface area contributed by atoms with Crippen molar-refractivity contribution in [1.29, 1.82) is 0 Å². The third-order valence-corrected chi connectivity index (χ3v) is 6.07. The monoisotopic (exact) mass is 332 g/mol. The van der Waals surface area contributed by atoms with Gasteiger partial charge in [0.15, 0.2) is 0 Å². The Kier molecular flexibility index (Phi) is 3.50. The van der Waals surface area contributed by atoms with Gasteiger partial charge in [0, 0.05) is 19.4 Å². The molecule has 2 rings (SSSR count). The minimum atomic E-state index is -3.48. The third kappa shape index (κ3) is 2.51. The van der Waals surface area contributed by atoms with Crippen LogP contribution < -0.4 is 4.31 Å². The summed E-state index contributed by atoms with van der Waals surface area (Å²) in [6.45, 7) is 0. The van der Waals surface area contributed by atoms with Gasteiger partial charge in [-0.15, -0.1) is 11.3 Å². The highest BCUT2D eigenvalue weighted by Gasteiger charge is 2.22. The second kappa shape index (κ2) is 4.75. The summed E-state index contributed by atoms with van der Waals surface area (Å²) in [7, 11) is -1.95. The molecule has 2 aromatic rings. The molecule has 17 heavy (non-hydrogen) atoms. The van der Waals surface area contributed by atoms with Crippen LogP contribution in [0.1, 0.15) is 0 Å². The van der Waals surface area contributed by atoms with Crippen molar-refractivity contribution in [3.8, 4) is 0 Å². The molecule has 0 aromatic carbocycles. The summed E-state index contributed by atoms with van der Waals surface area (Å²) in [5, 5.41) is 0. The number of hydrogen-bond acceptors (Lipinski definition) is 4. The zero-order chi connectivity index (χ0) is 12.5. The fourth-order valence-corrected chi connectivity index (χ4v) is 4.64. The quantitative estimate of drug-likeness (QED) is 0.868. The van der Waals surface area contributed by atoms with E-state index < -0.39 is 10.0 Å². The molecule has 2 aromatic heterocycles. The van der Waals surface area contributed by atoms with Crippen LogP contribution in [-0.2, 0) is 10.0 Å². The standard InChI is InChI=1S/C10H9BrN2O2S2/c1-13(8-4-6-12-7-5-8)17(14,15)10-3-2-9(11)16-10/h2-7H,1H3. The van der Waals surface area contributed by atoms with Gasteiger partial charge in [0.1, 0.15) is 4.21 Å². The minimum Gasteiger partial charge on any atom is -0.269 e. The highest BCUT2D eigenvalue weighted by atomic mass is 79.9. The molecule has 0 amide bonds. The summed E-state index contributed by atoms with van der Waals surface area (Å²) in [4.78, 5) is 3.86. The molecule has 0 fully saturated rings. The van der Waals surface area contributed by atoms with Crippen molar-refractivity contribution in [3.05, 3.63) is 40.4 Å². The lowest BCUT2D eigenvalue weighted by molar-refractivity contribution is 0.596. The number of pyridine rings is 1. The molecule has 0 unspecified atom stereocenters. The Morgan fingerprint density at radius 3 is 2.41 bits per heavy atom. The molecule has 0 aliphatic rings. The van der Waals surface area contributed by atoms with Crippen molar-refractivity contribution < 1.29 is 8.42 Å². The lowest BCUT2D eigenvalue weighted by Crippen LogP contribution is -2.25. The van der Waals surface area contributed by atoms with Gasteiger partial charge in [-0.25, -0.2) is 8.42 Å². The Bertz CT molecular complexity index is 610. The van der Waals surface area contributed by atoms with Gasteiger partial charge in [-0.3, -0.25) is 9.29 Å². The molecule has 2 heterocycles. The maximum absolute atomic E-state index is 12.2. The van der Waals surface area contributed by atoms with Gasteiger partial charge in [-0.1, -0.05) is 0 Å². The summed E-state index contributed by atoms with van der Waals surface area (Å²) in [6, 6.07) is 6.61. The van der Waals surface area contributed by atoms with E-state index in [0.29, 0.717) is 9.90 Å². The Balaban J connectivity index is 2.40. The Hall–Kier alpha value is -0.920. The molecular weight excluding hydrogens is 324 g/mol. The molecule has 0 aliphatic heterocycles. The molecule has 0 radical (unpaired) electrons. The van der Waals surface area contributed by atoms with Crippen LogP contribution in [0.4, 0.5) is 5.69 Å². The number of aromatic nitrogens is 1. The lowest BCUT2D eigenvalue weighted by Gasteiger charge is -2.17. The summed E-state index contributed by atoms with van der Waals surface area (Å²) in [5.41, 5.74) is 0.588. The molecule has 0 atom stereocenters. The first-order chi connectivity index (χ1) is 8.01. The van der Waals surface area contributed by atoms with Crippen LogP contribution in [0.15, 0.2) is 44.7 Å². The number of nitrogens with zero attached hydrogens (tertiary/aromatic N) is 2. The Morgan fingerprint density at radius 2 is 1.88 bits per heavy atom. The van der Waals surface area contributed by atoms with E-state index in [9.17, 15) is 8.42 Å². The van der Waals surface area contributed by atoms with Crippen molar-refractivity contribution >= 4 is 43.0 Å². The highest BCUT2D eigenvalue weighted by Crippen LogP contribution is 2.29. The first kappa shape index (κ1) is 12.5. The smallest absolute Gasteiger partial charge is 0.269 e. The van der Waals surface area contributed by atoms with E-state index in [4.69, 9.17) is 0 Å². The molecule has 0 saturated heterocycles. The van der Waals surface area contributed by atoms with Crippen LogP contribution in [0.3, 0.4) is 0 Å². The number of halogens is 1. The average molecular weight is 333 g/mol. The maximum atomic E-state index is 12.2. The van der Waals surface area contributed by atoms with Gasteiger partial charge >= 0.3 is 0 Å². The highest BCUT2D eigenvalue weighted by molar-refractivity contribution is 9.11. The third-order valence-electron chi connectivity index (χ3n) is 2.19. The van der Waals surface area contributed by atoms with Gasteiger partial charge in [-0.2, -0.15) is 0 Å². The Morgan fingerprint density at radius 1 is 1.24 bits per heavy atom. The van der Waals surface area contributed by atoms with Crippen molar-refractivity contribution in [3.63, 3.8) is 0 Å². The minimum absolute atomic E-state index is 0.309. The summed E-state index contributed by atoms with van der Waals surface area (Å²) in [6.07, 6.45) is 3.12. The molecule has 4 nitrogen and oxygen atoms in total. The molecular formula is C10H9BrN2O2S2. The topological polar surface area (TPSA) is 50.3 Å². The number of rotatable bonds is 3. The van der Waals surface area contributed by atoms with Gasteiger partial charge < -0.3 is 0 Å². The van der Waals surface area contributed by atoms with Crippen LogP contribution in [0, 0.1) is 0 Å². The second-order valence-corrected chi connectivity index (χ2v) is 7.90. The lowest BCUT2D eigenvalue weighted by atomic mass is 10.4. The molecule has 0 aliphatic carbocycles. The number of sulfonamides is 1. The second-order valence-electron chi connectivity index (χ2n) is 3.24. The molecule has 0 bridgehead atoms. The Labute approximate surface area is 112 Å². The van der Waals surface area contributed by atoms with Crippen LogP contribution in [0.5, 0.6) is 0 Å². The number of anilines is 1. The fraction of sp³-hybridized carbons (Fsp3) is 0.100. The van der Waals surface area contributed by atoms with E-state index >= 15 is 0 Å². The van der Waals surface area contributed by atoms with Crippen LogP contribution >= 0.6 is 27.3 Å². The SMILES string of the molecule is CN(c1ccncc1)S(=O)(=O)c1ccc(Br)s1. The van der Waals surface area contributed by atoms with Crippen LogP contribution in [-0.4, -0.2) is 20.4 Å². The maximum Gasteiger partial charge on any atom is 0.273 e. The molecule has 90 valence electrons. The van der Waals surface area contributed by atoms with Crippen molar-refractivity contribution in [1.82, 2.24) is 4.98 Å². The van der Waals surface area contributed by atoms with E-state index in [2.05, 4.69) is 20.9 Å². The van der Waals surface area contributed by atoms with Gasteiger partial charge in [-0.05, 0) is 40.2 Å².